The normalized spacial score (nSPS) is 23.5. The third-order valence-corrected chi connectivity index (χ3v) is 8.04. The quantitative estimate of drug-likeness (QED) is 0.416. The predicted octanol–water partition coefficient (Wildman–Crippen LogP) is 4.06. The van der Waals surface area contributed by atoms with Gasteiger partial charge in [-0.15, -0.1) is 0 Å². The summed E-state index contributed by atoms with van der Waals surface area (Å²) in [6.45, 7) is 2.08. The molecule has 3 aromatic heterocycles. The van der Waals surface area contributed by atoms with Crippen molar-refractivity contribution in [1.29, 1.82) is 0 Å². The minimum absolute atomic E-state index is 0.158. The number of halogens is 1. The highest BCUT2D eigenvalue weighted by Crippen LogP contribution is 2.63. The lowest BCUT2D eigenvalue weighted by molar-refractivity contribution is 0.533. The number of rotatable bonds is 4. The number of aromatic amines is 1. The second kappa shape index (κ2) is 7.55. The first kappa shape index (κ1) is 20.5. The maximum Gasteiger partial charge on any atom is 0.177 e. The number of nitrogens with zero attached hydrogens (tertiary/aromatic N) is 5. The number of nitrogens with two attached hydrogens (primary N) is 1. The van der Waals surface area contributed by atoms with Crippen LogP contribution in [0.5, 0.6) is 0 Å². The maximum absolute atomic E-state index is 14.7. The summed E-state index contributed by atoms with van der Waals surface area (Å²) in [6, 6.07) is 15.2. The molecule has 7 rings (SSSR count). The number of fused-ring (bicyclic) bond motifs is 3. The molecule has 0 bridgehead atoms. The monoisotopic (exact) mass is 465 g/mol. The first-order valence-electron chi connectivity index (χ1n) is 11.9. The molecule has 3 atom stereocenters. The van der Waals surface area contributed by atoms with Crippen LogP contribution in [0.4, 0.5) is 10.2 Å². The summed E-state index contributed by atoms with van der Waals surface area (Å²) in [4.78, 5) is 16.1. The summed E-state index contributed by atoms with van der Waals surface area (Å²) < 4.78 is 14.7. The standard InChI is InChI=1S/C27H24FN7/c28-22-4-2-1-3-20(22)27(15-29)19-8-10-35(14-21(19)27)23-13-31-25-24(33-34-26(25)32-23)17-6-5-16-7-9-30-12-18(16)11-17/h1-7,9,11-13,19,21H,8,10,14-15,29H2,(H,32,33,34)/t19-,21+,27-/m1/s1. The largest absolute Gasteiger partial charge is 0.355 e. The van der Waals surface area contributed by atoms with Crippen LogP contribution in [-0.4, -0.2) is 44.8 Å². The summed E-state index contributed by atoms with van der Waals surface area (Å²) in [6.07, 6.45) is 6.41. The Kier molecular flexibility index (Phi) is 4.41. The first-order valence-corrected chi connectivity index (χ1v) is 11.9. The minimum atomic E-state index is -0.288. The number of piperidine rings is 1. The molecule has 1 saturated carbocycles. The molecule has 35 heavy (non-hydrogen) atoms. The Balaban J connectivity index is 1.18. The van der Waals surface area contributed by atoms with Crippen molar-refractivity contribution in [2.24, 2.45) is 17.6 Å². The van der Waals surface area contributed by atoms with Crippen molar-refractivity contribution < 1.29 is 4.39 Å². The fourth-order valence-electron chi connectivity index (χ4n) is 6.21. The van der Waals surface area contributed by atoms with Gasteiger partial charge in [-0.2, -0.15) is 5.10 Å². The van der Waals surface area contributed by atoms with E-state index in [0.717, 1.165) is 58.4 Å². The Morgan fingerprint density at radius 2 is 2.00 bits per heavy atom. The molecule has 0 spiro atoms. The van der Waals surface area contributed by atoms with E-state index in [1.807, 2.05) is 36.7 Å². The molecular weight excluding hydrogens is 441 g/mol. The maximum atomic E-state index is 14.7. The Hall–Kier alpha value is -3.91. The first-order chi connectivity index (χ1) is 17.2. The van der Waals surface area contributed by atoms with E-state index in [4.69, 9.17) is 15.7 Å². The molecule has 2 aromatic carbocycles. The van der Waals surface area contributed by atoms with E-state index in [2.05, 4.69) is 32.2 Å². The van der Waals surface area contributed by atoms with Crippen LogP contribution in [0.3, 0.4) is 0 Å². The van der Waals surface area contributed by atoms with Gasteiger partial charge in [0.2, 0.25) is 0 Å². The number of hydrogen-bond acceptors (Lipinski definition) is 6. The summed E-state index contributed by atoms with van der Waals surface area (Å²) in [5, 5.41) is 9.76. The molecule has 0 unspecified atom stereocenters. The van der Waals surface area contributed by atoms with Crippen LogP contribution in [0.25, 0.3) is 33.2 Å². The van der Waals surface area contributed by atoms with Crippen molar-refractivity contribution in [1.82, 2.24) is 25.1 Å². The Morgan fingerprint density at radius 3 is 2.89 bits per heavy atom. The van der Waals surface area contributed by atoms with Gasteiger partial charge in [-0.25, -0.2) is 14.4 Å². The van der Waals surface area contributed by atoms with Gasteiger partial charge in [-0.3, -0.25) is 10.1 Å². The zero-order valence-corrected chi connectivity index (χ0v) is 19.0. The van der Waals surface area contributed by atoms with E-state index >= 15 is 0 Å². The van der Waals surface area contributed by atoms with Crippen LogP contribution >= 0.6 is 0 Å². The molecule has 5 aromatic rings. The third kappa shape index (κ3) is 2.99. The smallest absolute Gasteiger partial charge is 0.177 e. The van der Waals surface area contributed by atoms with Gasteiger partial charge in [-0.05, 0) is 47.4 Å². The van der Waals surface area contributed by atoms with Crippen molar-refractivity contribution in [3.63, 3.8) is 0 Å². The summed E-state index contributed by atoms with van der Waals surface area (Å²) in [5.41, 5.74) is 9.85. The number of benzene rings is 2. The van der Waals surface area contributed by atoms with Crippen molar-refractivity contribution in [2.45, 2.75) is 11.8 Å². The van der Waals surface area contributed by atoms with Crippen LogP contribution in [0.15, 0.2) is 67.1 Å². The van der Waals surface area contributed by atoms with Crippen LogP contribution in [0.1, 0.15) is 12.0 Å². The molecule has 2 fully saturated rings. The van der Waals surface area contributed by atoms with Gasteiger partial charge in [-0.1, -0.05) is 30.3 Å². The second-order valence-electron chi connectivity index (χ2n) is 9.61. The van der Waals surface area contributed by atoms with Crippen LogP contribution < -0.4 is 10.6 Å². The van der Waals surface area contributed by atoms with E-state index in [9.17, 15) is 4.39 Å². The highest BCUT2D eigenvalue weighted by atomic mass is 19.1. The molecule has 1 aliphatic carbocycles. The SMILES string of the molecule is NC[C@]1(c2ccccc2F)[C@@H]2CCN(c3cnc4c(-c5ccc6ccncc6c5)n[nH]c4n3)C[C@@H]21. The fraction of sp³-hybridized carbons (Fsp3) is 0.259. The summed E-state index contributed by atoms with van der Waals surface area (Å²) in [7, 11) is 0. The van der Waals surface area contributed by atoms with Gasteiger partial charge in [0.25, 0.3) is 0 Å². The molecular formula is C27H24FN7. The molecule has 4 heterocycles. The number of hydrogen-bond donors (Lipinski definition) is 2. The van der Waals surface area contributed by atoms with Crippen molar-refractivity contribution in [2.75, 3.05) is 24.5 Å². The lowest BCUT2D eigenvalue weighted by Crippen LogP contribution is -2.32. The molecule has 2 aliphatic rings. The van der Waals surface area contributed by atoms with Crippen LogP contribution in [-0.2, 0) is 5.41 Å². The average molecular weight is 466 g/mol. The highest BCUT2D eigenvalue weighted by molar-refractivity contribution is 5.92. The van der Waals surface area contributed by atoms with Crippen LogP contribution in [0.2, 0.25) is 0 Å². The van der Waals surface area contributed by atoms with E-state index < -0.39 is 0 Å². The Morgan fingerprint density at radius 1 is 1.09 bits per heavy atom. The molecule has 174 valence electrons. The Bertz CT molecular complexity index is 1580. The molecule has 7 nitrogen and oxygen atoms in total. The van der Waals surface area contributed by atoms with Crippen molar-refractivity contribution in [3.05, 3.63) is 78.5 Å². The molecule has 8 heteroatoms. The van der Waals surface area contributed by atoms with E-state index in [0.29, 0.717) is 24.0 Å². The van der Waals surface area contributed by atoms with E-state index in [1.165, 1.54) is 6.07 Å². The molecule has 0 radical (unpaired) electrons. The van der Waals surface area contributed by atoms with Crippen LogP contribution in [0, 0.1) is 17.7 Å². The van der Waals surface area contributed by atoms with Crippen molar-refractivity contribution in [3.8, 4) is 11.3 Å². The number of nitrogens with one attached hydrogen (secondary N) is 1. The van der Waals surface area contributed by atoms with E-state index in [1.54, 1.807) is 12.3 Å². The van der Waals surface area contributed by atoms with E-state index in [-0.39, 0.29) is 11.2 Å². The lowest BCUT2D eigenvalue weighted by Gasteiger charge is -2.26. The highest BCUT2D eigenvalue weighted by Gasteiger charge is 2.66. The topological polar surface area (TPSA) is 96.6 Å². The zero-order chi connectivity index (χ0) is 23.6. The van der Waals surface area contributed by atoms with Gasteiger partial charge in [0.05, 0.1) is 6.20 Å². The molecule has 1 aliphatic heterocycles. The van der Waals surface area contributed by atoms with Gasteiger partial charge >= 0.3 is 0 Å². The van der Waals surface area contributed by atoms with Gasteiger partial charge in [0, 0.05) is 48.4 Å². The Labute approximate surface area is 201 Å². The summed E-state index contributed by atoms with van der Waals surface area (Å²) >= 11 is 0. The van der Waals surface area contributed by atoms with Gasteiger partial charge in [0.1, 0.15) is 22.8 Å². The number of aromatic nitrogens is 5. The zero-order valence-electron chi connectivity index (χ0n) is 19.0. The third-order valence-electron chi connectivity index (χ3n) is 8.04. The second-order valence-corrected chi connectivity index (χ2v) is 9.61. The van der Waals surface area contributed by atoms with Gasteiger partial charge < -0.3 is 10.6 Å². The number of H-pyrrole nitrogens is 1. The minimum Gasteiger partial charge on any atom is -0.355 e. The molecule has 3 N–H and O–H groups in total. The summed E-state index contributed by atoms with van der Waals surface area (Å²) in [5.74, 6) is 1.35. The fourth-order valence-corrected chi connectivity index (χ4v) is 6.21. The average Bonchev–Trinajstić information content (AvgIpc) is 3.36. The molecule has 0 amide bonds. The predicted molar refractivity (Wildman–Crippen MR) is 133 cm³/mol. The number of pyridine rings is 1. The molecule has 1 saturated heterocycles. The number of anilines is 1. The van der Waals surface area contributed by atoms with Crippen molar-refractivity contribution >= 4 is 27.8 Å². The lowest BCUT2D eigenvalue weighted by atomic mass is 9.91. The van der Waals surface area contributed by atoms with Gasteiger partial charge in [0.15, 0.2) is 5.65 Å².